The summed E-state index contributed by atoms with van der Waals surface area (Å²) in [5, 5.41) is 2.63. The van der Waals surface area contributed by atoms with Crippen molar-refractivity contribution in [2.75, 3.05) is 36.1 Å². The van der Waals surface area contributed by atoms with Gasteiger partial charge in [0.15, 0.2) is 0 Å². The topological polar surface area (TPSA) is 71.1 Å². The van der Waals surface area contributed by atoms with Crippen molar-refractivity contribution >= 4 is 23.4 Å². The lowest BCUT2D eigenvalue weighted by Crippen LogP contribution is -2.55. The van der Waals surface area contributed by atoms with Gasteiger partial charge >= 0.3 is 6.09 Å². The maximum atomic E-state index is 15.0. The molecule has 1 N–H and O–H groups in total. The number of piperidine rings is 1. The molecule has 0 radical (unpaired) electrons. The van der Waals surface area contributed by atoms with Gasteiger partial charge in [0.25, 0.3) is 0 Å². The second-order valence-electron chi connectivity index (χ2n) is 7.37. The first-order chi connectivity index (χ1) is 13.0. The number of halogens is 1. The Kier molecular flexibility index (Phi) is 4.90. The van der Waals surface area contributed by atoms with E-state index in [0.29, 0.717) is 24.6 Å². The van der Waals surface area contributed by atoms with Crippen LogP contribution in [0.3, 0.4) is 0 Å². The van der Waals surface area contributed by atoms with Crippen molar-refractivity contribution in [2.45, 2.75) is 44.4 Å². The van der Waals surface area contributed by atoms with E-state index < -0.39 is 12.2 Å². The summed E-state index contributed by atoms with van der Waals surface area (Å²) in [4.78, 5) is 26.7. The third kappa shape index (κ3) is 3.58. The number of cyclic esters (lactones) is 1. The zero-order valence-electron chi connectivity index (χ0n) is 15.3. The highest BCUT2D eigenvalue weighted by Gasteiger charge is 2.37. The number of nitrogens with zero attached hydrogens (tertiary/aromatic N) is 2. The largest absolute Gasteiger partial charge is 0.442 e. The molecule has 3 saturated heterocycles. The third-order valence-electron chi connectivity index (χ3n) is 5.46. The molecule has 2 unspecified atom stereocenters. The van der Waals surface area contributed by atoms with E-state index in [2.05, 4.69) is 10.2 Å². The highest BCUT2D eigenvalue weighted by molar-refractivity contribution is 5.90. The molecule has 7 nitrogen and oxygen atoms in total. The van der Waals surface area contributed by atoms with Crippen LogP contribution in [0, 0.1) is 5.82 Å². The zero-order valence-corrected chi connectivity index (χ0v) is 15.3. The van der Waals surface area contributed by atoms with E-state index in [9.17, 15) is 14.0 Å². The van der Waals surface area contributed by atoms with E-state index in [0.717, 1.165) is 19.3 Å². The number of fused-ring (bicyclic) bond motifs is 2. The van der Waals surface area contributed by atoms with Crippen LogP contribution in [0.2, 0.25) is 0 Å². The lowest BCUT2D eigenvalue weighted by atomic mass is 9.93. The van der Waals surface area contributed by atoms with Crippen LogP contribution in [-0.2, 0) is 14.3 Å². The molecular formula is C19H24FN3O4. The number of ether oxygens (including phenoxy) is 2. The number of carbonyl (C=O) groups excluding carboxylic acids is 2. The average Bonchev–Trinajstić information content (AvgIpc) is 3.00. The van der Waals surface area contributed by atoms with Gasteiger partial charge in [-0.3, -0.25) is 9.69 Å². The minimum Gasteiger partial charge on any atom is -0.442 e. The summed E-state index contributed by atoms with van der Waals surface area (Å²) in [7, 11) is 0. The predicted molar refractivity (Wildman–Crippen MR) is 97.4 cm³/mol. The van der Waals surface area contributed by atoms with Gasteiger partial charge < -0.3 is 19.7 Å². The maximum Gasteiger partial charge on any atom is 0.414 e. The van der Waals surface area contributed by atoms with Crippen LogP contribution in [0.5, 0.6) is 0 Å². The molecule has 0 aromatic heterocycles. The summed E-state index contributed by atoms with van der Waals surface area (Å²) in [6.07, 6.45) is 2.18. The van der Waals surface area contributed by atoms with Crippen LogP contribution in [0.25, 0.3) is 0 Å². The Morgan fingerprint density at radius 3 is 2.70 bits per heavy atom. The molecule has 2 bridgehead atoms. The predicted octanol–water partition coefficient (Wildman–Crippen LogP) is 2.04. The van der Waals surface area contributed by atoms with Gasteiger partial charge in [0.2, 0.25) is 5.91 Å². The van der Waals surface area contributed by atoms with E-state index in [1.165, 1.54) is 17.9 Å². The summed E-state index contributed by atoms with van der Waals surface area (Å²) in [6, 6.07) is 5.30. The maximum absolute atomic E-state index is 15.0. The SMILES string of the molecule is CC(=O)NC[C@H]1CN(c2ccc(N3C4CCCC3COC4)c(F)c2)C(=O)O1. The first kappa shape index (κ1) is 18.0. The summed E-state index contributed by atoms with van der Waals surface area (Å²) in [5.74, 6) is -0.527. The first-order valence-electron chi connectivity index (χ1n) is 9.41. The molecule has 0 aliphatic carbocycles. The van der Waals surface area contributed by atoms with Crippen molar-refractivity contribution < 1.29 is 23.5 Å². The number of amides is 2. The Hall–Kier alpha value is -2.35. The molecule has 3 fully saturated rings. The van der Waals surface area contributed by atoms with Crippen molar-refractivity contribution in [1.29, 1.82) is 0 Å². The molecule has 3 atom stereocenters. The van der Waals surface area contributed by atoms with E-state index in [4.69, 9.17) is 9.47 Å². The van der Waals surface area contributed by atoms with Gasteiger partial charge in [-0.2, -0.15) is 0 Å². The van der Waals surface area contributed by atoms with E-state index >= 15 is 0 Å². The van der Waals surface area contributed by atoms with Crippen molar-refractivity contribution in [3.8, 4) is 0 Å². The molecule has 3 aliphatic rings. The molecule has 2 amide bonds. The molecule has 4 rings (SSSR count). The van der Waals surface area contributed by atoms with Crippen molar-refractivity contribution in [1.82, 2.24) is 5.32 Å². The second-order valence-corrected chi connectivity index (χ2v) is 7.37. The number of morpholine rings is 1. The Morgan fingerprint density at radius 1 is 1.30 bits per heavy atom. The van der Waals surface area contributed by atoms with E-state index in [1.807, 2.05) is 0 Å². The normalized spacial score (nSPS) is 27.5. The fourth-order valence-electron chi connectivity index (χ4n) is 4.20. The smallest absolute Gasteiger partial charge is 0.414 e. The van der Waals surface area contributed by atoms with Crippen LogP contribution >= 0.6 is 0 Å². The van der Waals surface area contributed by atoms with Crippen LogP contribution in [0.1, 0.15) is 26.2 Å². The number of hydrogen-bond donors (Lipinski definition) is 1. The van der Waals surface area contributed by atoms with Gasteiger partial charge in [0.1, 0.15) is 11.9 Å². The lowest BCUT2D eigenvalue weighted by Gasteiger charge is -2.47. The number of nitrogens with one attached hydrogen (secondary N) is 1. The Bertz CT molecular complexity index is 722. The molecule has 3 heterocycles. The first-order valence-corrected chi connectivity index (χ1v) is 9.41. The molecule has 1 aromatic rings. The number of carbonyl (C=O) groups is 2. The molecule has 27 heavy (non-hydrogen) atoms. The zero-order chi connectivity index (χ0) is 19.0. The molecule has 0 spiro atoms. The third-order valence-corrected chi connectivity index (χ3v) is 5.46. The van der Waals surface area contributed by atoms with Crippen LogP contribution < -0.4 is 15.1 Å². The van der Waals surface area contributed by atoms with Crippen LogP contribution in [0.15, 0.2) is 18.2 Å². The molecule has 0 saturated carbocycles. The standard InChI is InChI=1S/C19H24FN3O4/c1-12(24)21-8-16-9-22(19(25)27-16)13-5-6-18(17(20)7-13)23-14-3-2-4-15(23)11-26-10-14/h5-7,14-16H,2-4,8-11H2,1H3,(H,21,24)/t14?,15?,16-/m0/s1. The Morgan fingerprint density at radius 2 is 2.04 bits per heavy atom. The van der Waals surface area contributed by atoms with Gasteiger partial charge in [-0.15, -0.1) is 0 Å². The number of anilines is 2. The van der Waals surface area contributed by atoms with Gasteiger partial charge in [0.05, 0.1) is 49.8 Å². The monoisotopic (exact) mass is 377 g/mol. The number of hydrogen-bond acceptors (Lipinski definition) is 5. The molecule has 1 aromatic carbocycles. The van der Waals surface area contributed by atoms with Gasteiger partial charge in [-0.25, -0.2) is 9.18 Å². The number of benzene rings is 1. The molecular weight excluding hydrogens is 353 g/mol. The van der Waals surface area contributed by atoms with Gasteiger partial charge in [-0.05, 0) is 37.5 Å². The van der Waals surface area contributed by atoms with Crippen LogP contribution in [0.4, 0.5) is 20.6 Å². The minimum absolute atomic E-state index is 0.184. The lowest BCUT2D eigenvalue weighted by molar-refractivity contribution is -0.119. The van der Waals surface area contributed by atoms with Gasteiger partial charge in [0, 0.05) is 6.92 Å². The summed E-state index contributed by atoms with van der Waals surface area (Å²) >= 11 is 0. The molecule has 3 aliphatic heterocycles. The summed E-state index contributed by atoms with van der Waals surface area (Å²) in [6.45, 7) is 3.18. The summed E-state index contributed by atoms with van der Waals surface area (Å²) in [5.41, 5.74) is 1.03. The quantitative estimate of drug-likeness (QED) is 0.870. The number of rotatable bonds is 4. The van der Waals surface area contributed by atoms with Gasteiger partial charge in [-0.1, -0.05) is 0 Å². The summed E-state index contributed by atoms with van der Waals surface area (Å²) < 4.78 is 25.8. The highest BCUT2D eigenvalue weighted by atomic mass is 19.1. The van der Waals surface area contributed by atoms with E-state index in [1.54, 1.807) is 12.1 Å². The Balaban J connectivity index is 1.50. The average molecular weight is 377 g/mol. The second kappa shape index (κ2) is 7.34. The van der Waals surface area contributed by atoms with E-state index in [-0.39, 0.29) is 36.9 Å². The molecule has 8 heteroatoms. The Labute approximate surface area is 157 Å². The highest BCUT2D eigenvalue weighted by Crippen LogP contribution is 2.36. The van der Waals surface area contributed by atoms with Crippen molar-refractivity contribution in [3.05, 3.63) is 24.0 Å². The molecule has 146 valence electrons. The van der Waals surface area contributed by atoms with Crippen molar-refractivity contribution in [3.63, 3.8) is 0 Å². The minimum atomic E-state index is -0.527. The fourth-order valence-corrected chi connectivity index (χ4v) is 4.20. The van der Waals surface area contributed by atoms with Crippen molar-refractivity contribution in [2.24, 2.45) is 0 Å². The van der Waals surface area contributed by atoms with Crippen LogP contribution in [-0.4, -0.2) is 56.5 Å². The fraction of sp³-hybridized carbons (Fsp3) is 0.579.